The Morgan fingerprint density at radius 3 is 1.86 bits per heavy atom. The number of aliphatic hydroxyl groups excluding tert-OH is 1. The lowest BCUT2D eigenvalue weighted by atomic mass is 9.89. The molecule has 1 amide bonds. The molecule has 0 rings (SSSR count). The normalized spacial score (nSPS) is 16.1. The van der Waals surface area contributed by atoms with E-state index < -0.39 is 18.2 Å². The SMILES string of the molecule is CCCC[C@@H](C)[C@@H](O)[C@@H](C(=O)CCCCCCC(=O)[C@@H](NC(=O)[C@H](CC(C)C)NC)C(C)C)N(C)C. The first-order valence-corrected chi connectivity index (χ1v) is 14.2. The Morgan fingerprint density at radius 2 is 1.42 bits per heavy atom. The molecule has 7 nitrogen and oxygen atoms in total. The molecule has 0 aromatic heterocycles. The highest BCUT2D eigenvalue weighted by molar-refractivity contribution is 5.91. The number of unbranched alkanes of at least 4 members (excludes halogenated alkanes) is 4. The lowest BCUT2D eigenvalue weighted by Gasteiger charge is -2.31. The van der Waals surface area contributed by atoms with E-state index in [-0.39, 0.29) is 35.4 Å². The predicted octanol–water partition coefficient (Wildman–Crippen LogP) is 4.36. The number of aliphatic hydroxyl groups is 1. The van der Waals surface area contributed by atoms with Crippen molar-refractivity contribution < 1.29 is 19.5 Å². The molecule has 0 bridgehead atoms. The molecule has 7 heteroatoms. The van der Waals surface area contributed by atoms with Gasteiger partial charge in [-0.15, -0.1) is 0 Å². The van der Waals surface area contributed by atoms with Crippen LogP contribution in [0.2, 0.25) is 0 Å². The average Bonchev–Trinajstić information content (AvgIpc) is 2.80. The molecule has 0 aliphatic carbocycles. The fourth-order valence-corrected chi connectivity index (χ4v) is 4.75. The van der Waals surface area contributed by atoms with Gasteiger partial charge >= 0.3 is 0 Å². The van der Waals surface area contributed by atoms with E-state index in [1.54, 1.807) is 7.05 Å². The van der Waals surface area contributed by atoms with E-state index >= 15 is 0 Å². The van der Waals surface area contributed by atoms with Gasteiger partial charge in [0.1, 0.15) is 0 Å². The summed E-state index contributed by atoms with van der Waals surface area (Å²) in [6.07, 6.45) is 7.26. The van der Waals surface area contributed by atoms with Crippen LogP contribution < -0.4 is 10.6 Å². The third-order valence-electron chi connectivity index (χ3n) is 7.09. The molecule has 0 spiro atoms. The first kappa shape index (κ1) is 34.7. The molecule has 0 fully saturated rings. The number of likely N-dealkylation sites (N-methyl/N-ethyl adjacent to an activating group) is 2. The van der Waals surface area contributed by atoms with E-state index in [9.17, 15) is 19.5 Å². The summed E-state index contributed by atoms with van der Waals surface area (Å²) in [4.78, 5) is 40.2. The van der Waals surface area contributed by atoms with Gasteiger partial charge in [0.25, 0.3) is 0 Å². The Morgan fingerprint density at radius 1 is 0.861 bits per heavy atom. The number of nitrogens with zero attached hydrogens (tertiary/aromatic N) is 1. The van der Waals surface area contributed by atoms with E-state index in [0.717, 1.165) is 51.4 Å². The zero-order valence-electron chi connectivity index (χ0n) is 24.7. The fraction of sp³-hybridized carbons (Fsp3) is 0.897. The number of carbonyl (C=O) groups excluding carboxylic acids is 3. The number of carbonyl (C=O) groups is 3. The Balaban J connectivity index is 4.58. The third-order valence-corrected chi connectivity index (χ3v) is 7.09. The summed E-state index contributed by atoms with van der Waals surface area (Å²) < 4.78 is 0. The average molecular weight is 512 g/mol. The monoisotopic (exact) mass is 511 g/mol. The molecule has 0 aromatic rings. The van der Waals surface area contributed by atoms with Gasteiger partial charge in [-0.3, -0.25) is 19.3 Å². The Bertz CT molecular complexity index is 636. The number of Topliss-reactive ketones (excluding diaryl/α,β-unsaturated/α-hetero) is 2. The van der Waals surface area contributed by atoms with Gasteiger partial charge in [-0.25, -0.2) is 0 Å². The van der Waals surface area contributed by atoms with Crippen molar-refractivity contribution in [1.29, 1.82) is 0 Å². The van der Waals surface area contributed by atoms with Crippen molar-refractivity contribution in [3.8, 4) is 0 Å². The maximum absolute atomic E-state index is 12.9. The first-order chi connectivity index (χ1) is 16.9. The van der Waals surface area contributed by atoms with E-state index in [4.69, 9.17) is 0 Å². The van der Waals surface area contributed by atoms with Crippen LogP contribution in [0.15, 0.2) is 0 Å². The maximum Gasteiger partial charge on any atom is 0.237 e. The van der Waals surface area contributed by atoms with Gasteiger partial charge in [-0.1, -0.05) is 67.2 Å². The predicted molar refractivity (Wildman–Crippen MR) is 149 cm³/mol. The molecule has 0 aliphatic heterocycles. The first-order valence-electron chi connectivity index (χ1n) is 14.2. The van der Waals surface area contributed by atoms with Gasteiger partial charge in [0.15, 0.2) is 11.6 Å². The molecular weight excluding hydrogens is 454 g/mol. The van der Waals surface area contributed by atoms with Crippen molar-refractivity contribution in [2.75, 3.05) is 21.1 Å². The van der Waals surface area contributed by atoms with E-state index in [1.165, 1.54) is 0 Å². The molecule has 0 aromatic carbocycles. The third kappa shape index (κ3) is 13.3. The van der Waals surface area contributed by atoms with Gasteiger partial charge in [0.05, 0.1) is 24.2 Å². The van der Waals surface area contributed by atoms with Crippen LogP contribution >= 0.6 is 0 Å². The number of ketones is 2. The van der Waals surface area contributed by atoms with Gasteiger partial charge in [-0.05, 0) is 64.6 Å². The molecule has 0 heterocycles. The van der Waals surface area contributed by atoms with Crippen LogP contribution in [-0.4, -0.2) is 72.9 Å². The van der Waals surface area contributed by atoms with Gasteiger partial charge in [0, 0.05) is 12.8 Å². The zero-order chi connectivity index (χ0) is 27.8. The van der Waals surface area contributed by atoms with Crippen molar-refractivity contribution in [2.24, 2.45) is 17.8 Å². The Labute approximate surface area is 221 Å². The highest BCUT2D eigenvalue weighted by atomic mass is 16.3. The second kappa shape index (κ2) is 18.9. The lowest BCUT2D eigenvalue weighted by molar-refractivity contribution is -0.130. The second-order valence-electron chi connectivity index (χ2n) is 11.6. The van der Waals surface area contributed by atoms with Gasteiger partial charge < -0.3 is 15.7 Å². The van der Waals surface area contributed by atoms with Gasteiger partial charge in [-0.2, -0.15) is 0 Å². The quantitative estimate of drug-likeness (QED) is 0.198. The highest BCUT2D eigenvalue weighted by Crippen LogP contribution is 2.20. The number of hydrogen-bond donors (Lipinski definition) is 3. The largest absolute Gasteiger partial charge is 0.391 e. The molecule has 0 saturated carbocycles. The Hall–Kier alpha value is -1.31. The summed E-state index contributed by atoms with van der Waals surface area (Å²) in [5.74, 6) is 0.563. The van der Waals surface area contributed by atoms with Crippen molar-refractivity contribution in [3.05, 3.63) is 0 Å². The van der Waals surface area contributed by atoms with Crippen molar-refractivity contribution in [1.82, 2.24) is 15.5 Å². The van der Waals surface area contributed by atoms with Crippen LogP contribution in [0.25, 0.3) is 0 Å². The molecular formula is C29H57N3O4. The fourth-order valence-electron chi connectivity index (χ4n) is 4.75. The summed E-state index contributed by atoms with van der Waals surface area (Å²) in [5, 5.41) is 16.8. The van der Waals surface area contributed by atoms with Crippen LogP contribution in [-0.2, 0) is 14.4 Å². The van der Waals surface area contributed by atoms with Crippen molar-refractivity contribution >= 4 is 17.5 Å². The second-order valence-corrected chi connectivity index (χ2v) is 11.6. The molecule has 36 heavy (non-hydrogen) atoms. The molecule has 3 N–H and O–H groups in total. The summed E-state index contributed by atoms with van der Waals surface area (Å²) in [6.45, 7) is 12.2. The van der Waals surface area contributed by atoms with E-state index in [1.807, 2.05) is 39.8 Å². The van der Waals surface area contributed by atoms with E-state index in [2.05, 4.69) is 31.4 Å². The van der Waals surface area contributed by atoms with Crippen LogP contribution in [0, 0.1) is 17.8 Å². The number of rotatable bonds is 21. The summed E-state index contributed by atoms with van der Waals surface area (Å²) in [6, 6.07) is -1.24. The zero-order valence-corrected chi connectivity index (χ0v) is 24.7. The topological polar surface area (TPSA) is 98.7 Å². The van der Waals surface area contributed by atoms with Crippen LogP contribution in [0.5, 0.6) is 0 Å². The Kier molecular flexibility index (Phi) is 18.2. The minimum atomic E-state index is -0.650. The lowest BCUT2D eigenvalue weighted by Crippen LogP contribution is -2.51. The molecule has 212 valence electrons. The van der Waals surface area contributed by atoms with Crippen LogP contribution in [0.3, 0.4) is 0 Å². The number of amides is 1. The van der Waals surface area contributed by atoms with Crippen LogP contribution in [0.1, 0.15) is 106 Å². The molecule has 0 radical (unpaired) electrons. The molecule has 5 atom stereocenters. The van der Waals surface area contributed by atoms with E-state index in [0.29, 0.717) is 18.8 Å². The maximum atomic E-state index is 12.9. The van der Waals surface area contributed by atoms with Crippen molar-refractivity contribution in [2.45, 2.75) is 130 Å². The standard InChI is InChI=1S/C29H57N3O4/c1-10-11-16-22(6)28(35)27(32(8)9)25(34)18-15-13-12-14-17-24(33)26(21(4)5)31-29(36)23(30-7)19-20(2)3/h20-23,26-28,30,35H,10-19H2,1-9H3,(H,31,36)/t22-,23+,26+,27-,28-/m1/s1. The molecule has 0 unspecified atom stereocenters. The summed E-state index contributed by atoms with van der Waals surface area (Å²) in [5.41, 5.74) is 0. The summed E-state index contributed by atoms with van der Waals surface area (Å²) >= 11 is 0. The van der Waals surface area contributed by atoms with Crippen molar-refractivity contribution in [3.63, 3.8) is 0 Å². The summed E-state index contributed by atoms with van der Waals surface area (Å²) in [7, 11) is 5.49. The minimum Gasteiger partial charge on any atom is -0.391 e. The smallest absolute Gasteiger partial charge is 0.237 e. The number of nitrogens with one attached hydrogen (secondary N) is 2. The molecule has 0 aliphatic rings. The molecule has 0 saturated heterocycles. The van der Waals surface area contributed by atoms with Gasteiger partial charge in [0.2, 0.25) is 5.91 Å². The highest BCUT2D eigenvalue weighted by Gasteiger charge is 2.31. The number of hydrogen-bond acceptors (Lipinski definition) is 6. The minimum absolute atomic E-state index is 0.0322. The van der Waals surface area contributed by atoms with Crippen LogP contribution in [0.4, 0.5) is 0 Å².